The topological polar surface area (TPSA) is 102 Å². The second-order valence-corrected chi connectivity index (χ2v) is 13.2. The Morgan fingerprint density at radius 1 is 0.938 bits per heavy atom. The number of aromatic nitrogens is 2. The molecule has 0 bridgehead atoms. The fourth-order valence-electron chi connectivity index (χ4n) is 6.62. The summed E-state index contributed by atoms with van der Waals surface area (Å²) in [6, 6.07) is 21.2. The van der Waals surface area contributed by atoms with Crippen LogP contribution >= 0.6 is 0 Å². The van der Waals surface area contributed by atoms with Crippen LogP contribution in [-0.4, -0.2) is 89.4 Å². The van der Waals surface area contributed by atoms with Crippen LogP contribution in [0.5, 0.6) is 0 Å². The number of hydrogen-bond acceptors (Lipinski definition) is 7. The van der Waals surface area contributed by atoms with Crippen LogP contribution in [0.4, 0.5) is 5.69 Å². The Hall–Kier alpha value is -4.72. The first-order valence-electron chi connectivity index (χ1n) is 17.0. The average molecular weight is 648 g/mol. The van der Waals surface area contributed by atoms with E-state index in [-0.39, 0.29) is 17.7 Å². The molecule has 0 unspecified atom stereocenters. The van der Waals surface area contributed by atoms with Crippen LogP contribution in [-0.2, 0) is 17.9 Å². The Kier molecular flexibility index (Phi) is 10.7. The molecular formula is C38H45N7O3. The lowest BCUT2D eigenvalue weighted by Gasteiger charge is -2.34. The zero-order valence-corrected chi connectivity index (χ0v) is 28.1. The number of furan rings is 1. The SMILES string of the molecule is CN(C)CCN1CCN(C(=O)c2ccc(-c3ccc(N(Cc4cncn4Cc4ccc(C#N)cc4)C(=O)C4CCCCC4)cc3)o2)CC1. The number of amides is 2. The van der Waals surface area contributed by atoms with Crippen molar-refractivity contribution in [3.8, 4) is 17.4 Å². The zero-order chi connectivity index (χ0) is 33.5. The molecule has 48 heavy (non-hydrogen) atoms. The number of hydrogen-bond donors (Lipinski definition) is 0. The lowest BCUT2D eigenvalue weighted by atomic mass is 9.88. The van der Waals surface area contributed by atoms with E-state index in [2.05, 4.69) is 39.5 Å². The summed E-state index contributed by atoms with van der Waals surface area (Å²) in [6.45, 7) is 6.10. The molecule has 10 nitrogen and oxygen atoms in total. The highest BCUT2D eigenvalue weighted by Gasteiger charge is 2.28. The van der Waals surface area contributed by atoms with Crippen molar-refractivity contribution >= 4 is 17.5 Å². The van der Waals surface area contributed by atoms with Crippen molar-refractivity contribution in [2.75, 3.05) is 58.3 Å². The van der Waals surface area contributed by atoms with Gasteiger partial charge >= 0.3 is 0 Å². The number of anilines is 1. The number of carbonyl (C=O) groups is 2. The Labute approximate surface area is 283 Å². The van der Waals surface area contributed by atoms with Crippen molar-refractivity contribution in [3.63, 3.8) is 0 Å². The van der Waals surface area contributed by atoms with E-state index in [1.807, 2.05) is 70.6 Å². The van der Waals surface area contributed by atoms with Crippen molar-refractivity contribution in [2.45, 2.75) is 45.2 Å². The molecule has 2 amide bonds. The van der Waals surface area contributed by atoms with Gasteiger partial charge in [0.15, 0.2) is 5.76 Å². The molecule has 2 aromatic heterocycles. The first kappa shape index (κ1) is 33.2. The fourth-order valence-corrected chi connectivity index (χ4v) is 6.62. The quantitative estimate of drug-likeness (QED) is 0.212. The predicted octanol–water partition coefficient (Wildman–Crippen LogP) is 5.50. The Morgan fingerprint density at radius 3 is 2.35 bits per heavy atom. The van der Waals surface area contributed by atoms with Crippen molar-refractivity contribution < 1.29 is 14.0 Å². The molecule has 1 aliphatic carbocycles. The Balaban J connectivity index is 1.16. The van der Waals surface area contributed by atoms with E-state index in [9.17, 15) is 9.59 Å². The molecule has 0 N–H and O–H groups in total. The summed E-state index contributed by atoms with van der Waals surface area (Å²) in [4.78, 5) is 40.0. The summed E-state index contributed by atoms with van der Waals surface area (Å²) in [5.74, 6) is 1.04. The molecule has 10 heteroatoms. The van der Waals surface area contributed by atoms with E-state index in [1.54, 1.807) is 12.4 Å². The number of likely N-dealkylation sites (N-methyl/N-ethyl adjacent to an activating group) is 1. The summed E-state index contributed by atoms with van der Waals surface area (Å²) in [6.07, 6.45) is 8.76. The van der Waals surface area contributed by atoms with Crippen molar-refractivity contribution in [1.29, 1.82) is 5.26 Å². The van der Waals surface area contributed by atoms with Crippen LogP contribution in [0.3, 0.4) is 0 Å². The van der Waals surface area contributed by atoms with E-state index >= 15 is 0 Å². The minimum Gasteiger partial charge on any atom is -0.451 e. The normalized spacial score (nSPS) is 15.8. The third-order valence-corrected chi connectivity index (χ3v) is 9.58. The highest BCUT2D eigenvalue weighted by atomic mass is 16.4. The molecule has 1 saturated heterocycles. The minimum absolute atomic E-state index is 0.00168. The molecule has 0 radical (unpaired) electrons. The lowest BCUT2D eigenvalue weighted by molar-refractivity contribution is -0.123. The second kappa shape index (κ2) is 15.5. The summed E-state index contributed by atoms with van der Waals surface area (Å²) < 4.78 is 8.14. The van der Waals surface area contributed by atoms with Crippen LogP contribution in [0.25, 0.3) is 11.3 Å². The first-order valence-corrected chi connectivity index (χ1v) is 17.0. The Bertz CT molecular complexity index is 1700. The number of carbonyl (C=O) groups excluding carboxylic acids is 2. The molecule has 2 aliphatic rings. The van der Waals surface area contributed by atoms with Crippen LogP contribution in [0.15, 0.2) is 77.6 Å². The van der Waals surface area contributed by atoms with Crippen molar-refractivity contribution in [1.82, 2.24) is 24.3 Å². The van der Waals surface area contributed by atoms with Crippen LogP contribution in [0, 0.1) is 17.2 Å². The highest BCUT2D eigenvalue weighted by molar-refractivity contribution is 5.95. The van der Waals surface area contributed by atoms with Crippen molar-refractivity contribution in [2.24, 2.45) is 5.92 Å². The largest absolute Gasteiger partial charge is 0.451 e. The third-order valence-electron chi connectivity index (χ3n) is 9.58. The summed E-state index contributed by atoms with van der Waals surface area (Å²) in [5.41, 5.74) is 4.28. The molecule has 2 fully saturated rings. The number of piperazine rings is 1. The molecular weight excluding hydrogens is 602 g/mol. The van der Waals surface area contributed by atoms with Gasteiger partial charge in [0, 0.05) is 69.2 Å². The zero-order valence-electron chi connectivity index (χ0n) is 28.1. The van der Waals surface area contributed by atoms with E-state index in [0.717, 1.165) is 74.4 Å². The number of rotatable bonds is 11. The highest BCUT2D eigenvalue weighted by Crippen LogP contribution is 2.31. The van der Waals surface area contributed by atoms with Gasteiger partial charge in [-0.25, -0.2) is 4.98 Å². The molecule has 1 saturated carbocycles. The summed E-state index contributed by atoms with van der Waals surface area (Å²) >= 11 is 0. The number of benzene rings is 2. The third kappa shape index (κ3) is 8.04. The molecule has 6 rings (SSSR count). The maximum absolute atomic E-state index is 14.0. The maximum atomic E-state index is 14.0. The lowest BCUT2D eigenvalue weighted by Crippen LogP contribution is -2.49. The first-order chi connectivity index (χ1) is 23.4. The van der Waals surface area contributed by atoms with Crippen molar-refractivity contribution in [3.05, 3.63) is 95.8 Å². The van der Waals surface area contributed by atoms with Crippen LogP contribution in [0.1, 0.15) is 59.5 Å². The van der Waals surface area contributed by atoms with E-state index < -0.39 is 0 Å². The number of nitrogens with zero attached hydrogens (tertiary/aromatic N) is 7. The molecule has 1 aliphatic heterocycles. The van der Waals surface area contributed by atoms with Gasteiger partial charge in [-0.2, -0.15) is 5.26 Å². The van der Waals surface area contributed by atoms with Gasteiger partial charge in [0.05, 0.1) is 30.2 Å². The van der Waals surface area contributed by atoms with Gasteiger partial charge in [0.1, 0.15) is 5.76 Å². The monoisotopic (exact) mass is 647 g/mol. The molecule has 250 valence electrons. The molecule has 0 atom stereocenters. The molecule has 4 aromatic rings. The van der Waals surface area contributed by atoms with Gasteiger partial charge in [0.25, 0.3) is 5.91 Å². The van der Waals surface area contributed by atoms with E-state index in [4.69, 9.17) is 9.68 Å². The minimum atomic E-state index is -0.0769. The number of imidazole rings is 1. The van der Waals surface area contributed by atoms with Gasteiger partial charge in [0.2, 0.25) is 5.91 Å². The van der Waals surface area contributed by atoms with Gasteiger partial charge < -0.3 is 23.7 Å². The van der Waals surface area contributed by atoms with Gasteiger partial charge in [-0.1, -0.05) is 31.4 Å². The van der Waals surface area contributed by atoms with Crippen LogP contribution in [0.2, 0.25) is 0 Å². The standard InChI is InChI=1S/C38H45N7O3/c1-41(2)18-19-42-20-22-43(23-21-42)38(47)36-17-16-35(48-36)31-12-14-33(15-13-31)45(37(46)32-6-4-3-5-7-32)27-34-25-40-28-44(34)26-30-10-8-29(24-39)9-11-30/h8-17,25,28,32H,3-7,18-23,26-27H2,1-2H3. The van der Waals surface area contributed by atoms with E-state index in [0.29, 0.717) is 43.3 Å². The second-order valence-electron chi connectivity index (χ2n) is 13.2. The summed E-state index contributed by atoms with van der Waals surface area (Å²) in [7, 11) is 4.15. The molecule has 3 heterocycles. The molecule has 0 spiro atoms. The van der Waals surface area contributed by atoms with Gasteiger partial charge in [-0.3, -0.25) is 14.5 Å². The smallest absolute Gasteiger partial charge is 0.289 e. The van der Waals surface area contributed by atoms with E-state index in [1.165, 1.54) is 6.42 Å². The van der Waals surface area contributed by atoms with Gasteiger partial charge in [-0.05, 0) is 81.0 Å². The predicted molar refractivity (Wildman–Crippen MR) is 185 cm³/mol. The number of nitriles is 1. The fraction of sp³-hybridized carbons (Fsp3) is 0.421. The molecule has 2 aromatic carbocycles. The summed E-state index contributed by atoms with van der Waals surface area (Å²) in [5, 5.41) is 9.16. The van der Waals surface area contributed by atoms with Gasteiger partial charge in [-0.15, -0.1) is 0 Å². The van der Waals surface area contributed by atoms with Crippen LogP contribution < -0.4 is 4.90 Å². The average Bonchev–Trinajstić information content (AvgIpc) is 3.80. The Morgan fingerprint density at radius 2 is 1.67 bits per heavy atom. The maximum Gasteiger partial charge on any atom is 0.289 e.